The van der Waals surface area contributed by atoms with Crippen molar-refractivity contribution in [1.29, 1.82) is 0 Å². The molecule has 0 atom stereocenters. The molecule has 0 unspecified atom stereocenters. The maximum absolute atomic E-state index is 6.00. The zero-order valence-electron chi connectivity index (χ0n) is 10.8. The summed E-state index contributed by atoms with van der Waals surface area (Å²) >= 11 is 9.43. The molecule has 0 aliphatic heterocycles. The highest BCUT2D eigenvalue weighted by molar-refractivity contribution is 9.10. The first-order chi connectivity index (χ1) is 9.11. The molecular formula is C13H14BrClN4. The van der Waals surface area contributed by atoms with Gasteiger partial charge in [0.1, 0.15) is 17.3 Å². The summed E-state index contributed by atoms with van der Waals surface area (Å²) < 4.78 is 0.714. The Bertz CT molecular complexity index is 576. The van der Waals surface area contributed by atoms with E-state index in [1.165, 1.54) is 6.33 Å². The van der Waals surface area contributed by atoms with E-state index in [0.717, 1.165) is 23.8 Å². The third-order valence-corrected chi connectivity index (χ3v) is 3.95. The molecule has 19 heavy (non-hydrogen) atoms. The van der Waals surface area contributed by atoms with Gasteiger partial charge in [0.15, 0.2) is 0 Å². The van der Waals surface area contributed by atoms with Crippen LogP contribution in [0.25, 0.3) is 0 Å². The van der Waals surface area contributed by atoms with E-state index in [4.69, 9.17) is 11.6 Å². The molecule has 0 saturated heterocycles. The van der Waals surface area contributed by atoms with Gasteiger partial charge in [-0.2, -0.15) is 0 Å². The number of aryl methyl sites for hydroxylation is 1. The van der Waals surface area contributed by atoms with Crippen LogP contribution in [0.5, 0.6) is 0 Å². The van der Waals surface area contributed by atoms with Crippen LogP contribution in [0.3, 0.4) is 0 Å². The Morgan fingerprint density at radius 1 is 1.32 bits per heavy atom. The molecule has 0 aromatic carbocycles. The minimum atomic E-state index is 0.417. The summed E-state index contributed by atoms with van der Waals surface area (Å²) in [5.74, 6) is 0.783. The number of hydrogen-bond donors (Lipinski definition) is 0. The lowest BCUT2D eigenvalue weighted by molar-refractivity contribution is 0.785. The van der Waals surface area contributed by atoms with Crippen molar-refractivity contribution in [2.24, 2.45) is 0 Å². The molecule has 0 bridgehead atoms. The molecule has 0 amide bonds. The fourth-order valence-corrected chi connectivity index (χ4v) is 2.36. The van der Waals surface area contributed by atoms with E-state index >= 15 is 0 Å². The molecule has 2 aromatic rings. The van der Waals surface area contributed by atoms with Crippen molar-refractivity contribution in [3.63, 3.8) is 0 Å². The van der Waals surface area contributed by atoms with E-state index in [0.29, 0.717) is 16.2 Å². The summed E-state index contributed by atoms with van der Waals surface area (Å²) in [6.45, 7) is 5.54. The first-order valence-electron chi connectivity index (χ1n) is 5.95. The maximum atomic E-state index is 6.00. The minimum absolute atomic E-state index is 0.417. The highest BCUT2D eigenvalue weighted by Gasteiger charge is 2.14. The molecular weight excluding hydrogens is 328 g/mol. The predicted octanol–water partition coefficient (Wildman–Crippen LogP) is 3.62. The lowest BCUT2D eigenvalue weighted by atomic mass is 10.3. The Kier molecular flexibility index (Phi) is 4.71. The van der Waals surface area contributed by atoms with Gasteiger partial charge >= 0.3 is 0 Å². The van der Waals surface area contributed by atoms with Crippen molar-refractivity contribution < 1.29 is 0 Å². The second-order valence-electron chi connectivity index (χ2n) is 4.09. The molecule has 0 saturated carbocycles. The smallest absolute Gasteiger partial charge is 0.148 e. The molecule has 6 heteroatoms. The topological polar surface area (TPSA) is 41.9 Å². The van der Waals surface area contributed by atoms with Crippen molar-refractivity contribution in [3.05, 3.63) is 45.5 Å². The molecule has 2 aromatic heterocycles. The van der Waals surface area contributed by atoms with Crippen LogP contribution >= 0.6 is 27.5 Å². The molecule has 2 heterocycles. The Balaban J connectivity index is 2.28. The zero-order chi connectivity index (χ0) is 13.8. The molecule has 100 valence electrons. The monoisotopic (exact) mass is 340 g/mol. The Morgan fingerprint density at radius 3 is 2.79 bits per heavy atom. The number of pyridine rings is 1. The van der Waals surface area contributed by atoms with E-state index < -0.39 is 0 Å². The number of aromatic nitrogens is 3. The van der Waals surface area contributed by atoms with Crippen LogP contribution in [0.15, 0.2) is 29.0 Å². The first kappa shape index (κ1) is 14.2. The highest BCUT2D eigenvalue weighted by Crippen LogP contribution is 2.29. The molecule has 0 spiro atoms. The number of hydrogen-bond acceptors (Lipinski definition) is 4. The Labute approximate surface area is 126 Å². The Hall–Kier alpha value is -1.20. The van der Waals surface area contributed by atoms with Crippen LogP contribution in [0.2, 0.25) is 5.15 Å². The van der Waals surface area contributed by atoms with E-state index in [1.54, 1.807) is 0 Å². The summed E-state index contributed by atoms with van der Waals surface area (Å²) in [6.07, 6.45) is 1.47. The molecule has 0 fully saturated rings. The zero-order valence-corrected chi connectivity index (χ0v) is 13.1. The lowest BCUT2D eigenvalue weighted by Crippen LogP contribution is -2.24. The standard InChI is InChI=1S/C13H14BrClN4/c1-3-19(7-10-6-4-5-9(2)18-10)13-11(14)12(15)16-8-17-13/h4-6,8H,3,7H2,1-2H3. The van der Waals surface area contributed by atoms with Crippen LogP contribution in [-0.2, 0) is 6.54 Å². The molecule has 4 nitrogen and oxygen atoms in total. The van der Waals surface area contributed by atoms with Gasteiger partial charge in [-0.25, -0.2) is 9.97 Å². The predicted molar refractivity (Wildman–Crippen MR) is 80.4 cm³/mol. The average molecular weight is 342 g/mol. The van der Waals surface area contributed by atoms with Crippen molar-refractivity contribution in [2.45, 2.75) is 20.4 Å². The third kappa shape index (κ3) is 3.42. The largest absolute Gasteiger partial charge is 0.350 e. The van der Waals surface area contributed by atoms with Gasteiger partial charge in [-0.05, 0) is 41.9 Å². The minimum Gasteiger partial charge on any atom is -0.350 e. The van der Waals surface area contributed by atoms with Crippen molar-refractivity contribution in [3.8, 4) is 0 Å². The van der Waals surface area contributed by atoms with Gasteiger partial charge in [0.25, 0.3) is 0 Å². The van der Waals surface area contributed by atoms with Crippen LogP contribution in [0, 0.1) is 6.92 Å². The molecule has 2 rings (SSSR count). The number of anilines is 1. The van der Waals surface area contributed by atoms with Gasteiger partial charge < -0.3 is 4.90 Å². The number of halogens is 2. The summed E-state index contributed by atoms with van der Waals surface area (Å²) in [4.78, 5) is 14.8. The van der Waals surface area contributed by atoms with E-state index in [9.17, 15) is 0 Å². The van der Waals surface area contributed by atoms with Crippen LogP contribution < -0.4 is 4.90 Å². The lowest BCUT2D eigenvalue weighted by Gasteiger charge is -2.22. The van der Waals surface area contributed by atoms with Gasteiger partial charge in [-0.1, -0.05) is 17.7 Å². The van der Waals surface area contributed by atoms with Crippen molar-refractivity contribution >= 4 is 33.3 Å². The van der Waals surface area contributed by atoms with E-state index in [1.807, 2.05) is 25.1 Å². The third-order valence-electron chi connectivity index (χ3n) is 2.71. The highest BCUT2D eigenvalue weighted by atomic mass is 79.9. The Morgan fingerprint density at radius 2 is 2.11 bits per heavy atom. The van der Waals surface area contributed by atoms with Gasteiger partial charge in [0.05, 0.1) is 16.7 Å². The van der Waals surface area contributed by atoms with Crippen LogP contribution in [-0.4, -0.2) is 21.5 Å². The van der Waals surface area contributed by atoms with E-state index in [2.05, 4.69) is 42.7 Å². The average Bonchev–Trinajstić information content (AvgIpc) is 2.40. The maximum Gasteiger partial charge on any atom is 0.148 e. The number of rotatable bonds is 4. The molecule has 0 N–H and O–H groups in total. The van der Waals surface area contributed by atoms with Gasteiger partial charge in [0.2, 0.25) is 0 Å². The van der Waals surface area contributed by atoms with Crippen molar-refractivity contribution in [1.82, 2.24) is 15.0 Å². The van der Waals surface area contributed by atoms with Crippen LogP contribution in [0.1, 0.15) is 18.3 Å². The summed E-state index contributed by atoms with van der Waals surface area (Å²) in [7, 11) is 0. The quantitative estimate of drug-likeness (QED) is 0.797. The number of nitrogens with zero attached hydrogens (tertiary/aromatic N) is 4. The second kappa shape index (κ2) is 6.30. The summed E-state index contributed by atoms with van der Waals surface area (Å²) in [5, 5.41) is 0.417. The first-order valence-corrected chi connectivity index (χ1v) is 7.12. The molecule has 0 aliphatic carbocycles. The van der Waals surface area contributed by atoms with Gasteiger partial charge in [-0.15, -0.1) is 0 Å². The summed E-state index contributed by atoms with van der Waals surface area (Å²) in [5.41, 5.74) is 2.01. The van der Waals surface area contributed by atoms with Gasteiger partial charge in [0, 0.05) is 12.2 Å². The summed E-state index contributed by atoms with van der Waals surface area (Å²) in [6, 6.07) is 6.00. The fraction of sp³-hybridized carbons (Fsp3) is 0.308. The fourth-order valence-electron chi connectivity index (χ4n) is 1.78. The molecule has 0 radical (unpaired) electrons. The van der Waals surface area contributed by atoms with Crippen LogP contribution in [0.4, 0.5) is 5.82 Å². The van der Waals surface area contributed by atoms with Crippen molar-refractivity contribution in [2.75, 3.05) is 11.4 Å². The van der Waals surface area contributed by atoms with E-state index in [-0.39, 0.29) is 0 Å². The second-order valence-corrected chi connectivity index (χ2v) is 5.24. The SMILES string of the molecule is CCN(Cc1cccc(C)n1)c1ncnc(Cl)c1Br. The van der Waals surface area contributed by atoms with Gasteiger partial charge in [-0.3, -0.25) is 4.98 Å². The molecule has 0 aliphatic rings. The normalized spacial score (nSPS) is 10.5.